The fraction of sp³-hybridized carbons (Fsp3) is 0. The molecule has 4 aromatic heterocycles. The average Bonchev–Trinajstić information content (AvgIpc) is 3.74. The largest absolute Gasteiger partial charge is 0.309 e. The molecule has 0 aliphatic rings. The van der Waals surface area contributed by atoms with Gasteiger partial charge in [0.25, 0.3) is 0 Å². The highest BCUT2D eigenvalue weighted by Crippen LogP contribution is 2.44. The van der Waals surface area contributed by atoms with Crippen molar-refractivity contribution >= 4 is 49.1 Å². The second kappa shape index (κ2) is 11.2. The number of rotatable bonds is 5. The van der Waals surface area contributed by atoms with Gasteiger partial charge in [-0.1, -0.05) is 133 Å². The van der Waals surface area contributed by atoms with Gasteiger partial charge in [-0.2, -0.15) is 0 Å². The third-order valence-electron chi connectivity index (χ3n) is 10.1. The van der Waals surface area contributed by atoms with Gasteiger partial charge in [-0.3, -0.25) is 4.40 Å². The lowest BCUT2D eigenvalue weighted by Crippen LogP contribution is -2.01. The van der Waals surface area contributed by atoms with E-state index in [1.165, 1.54) is 21.5 Å². The van der Waals surface area contributed by atoms with E-state index in [0.717, 1.165) is 61.3 Å². The zero-order chi connectivity index (χ0) is 34.2. The molecule has 0 bridgehead atoms. The minimum atomic E-state index is 0.624. The zero-order valence-corrected chi connectivity index (χ0v) is 27.8. The fourth-order valence-electron chi connectivity index (χ4n) is 7.84. The summed E-state index contributed by atoms with van der Waals surface area (Å²) < 4.78 is 4.74. The SMILES string of the molecule is c1ccc(-c2nc(-c3ccccc3)nc(-c3cccc(-n4c5cccc6c7ccccc7n7c(-c8ccccc8)nc8ccc4c(c65)c87)c3)n2)cc1. The Hall–Kier alpha value is -7.18. The molecule has 0 N–H and O–H groups in total. The zero-order valence-electron chi connectivity index (χ0n) is 27.8. The highest BCUT2D eigenvalue weighted by Gasteiger charge is 2.24. The van der Waals surface area contributed by atoms with Crippen LogP contribution in [0.1, 0.15) is 0 Å². The fourth-order valence-corrected chi connectivity index (χ4v) is 7.84. The number of fused-ring (bicyclic) bond motifs is 3. The third-order valence-corrected chi connectivity index (χ3v) is 10.1. The number of para-hydroxylation sites is 1. The van der Waals surface area contributed by atoms with Crippen molar-refractivity contribution < 1.29 is 0 Å². The van der Waals surface area contributed by atoms with E-state index in [9.17, 15) is 0 Å². The molecule has 6 nitrogen and oxygen atoms in total. The van der Waals surface area contributed by atoms with Gasteiger partial charge in [0.05, 0.1) is 27.6 Å². The predicted molar refractivity (Wildman–Crippen MR) is 211 cm³/mol. The molecule has 0 atom stereocenters. The van der Waals surface area contributed by atoms with Crippen molar-refractivity contribution in [3.8, 4) is 51.2 Å². The van der Waals surface area contributed by atoms with Gasteiger partial charge >= 0.3 is 0 Å². The Morgan fingerprint density at radius 2 is 0.904 bits per heavy atom. The monoisotopic (exact) mass is 664 g/mol. The summed E-state index contributed by atoms with van der Waals surface area (Å²) in [5.74, 6) is 2.84. The normalized spacial score (nSPS) is 11.8. The van der Waals surface area contributed by atoms with Crippen molar-refractivity contribution in [2.45, 2.75) is 0 Å². The maximum atomic E-state index is 5.27. The molecule has 0 unspecified atom stereocenters. The van der Waals surface area contributed by atoms with E-state index in [0.29, 0.717) is 17.5 Å². The lowest BCUT2D eigenvalue weighted by Gasteiger charge is -2.12. The first-order valence-electron chi connectivity index (χ1n) is 17.4. The Balaban J connectivity index is 1.20. The molecule has 0 saturated heterocycles. The molecule has 4 heterocycles. The molecule has 0 fully saturated rings. The first-order chi connectivity index (χ1) is 25.8. The van der Waals surface area contributed by atoms with Gasteiger partial charge in [0.1, 0.15) is 5.82 Å². The van der Waals surface area contributed by atoms with Gasteiger partial charge in [0.2, 0.25) is 0 Å². The van der Waals surface area contributed by atoms with Gasteiger partial charge in [-0.25, -0.2) is 19.9 Å². The van der Waals surface area contributed by atoms with Crippen LogP contribution in [0.15, 0.2) is 170 Å². The molecule has 0 aliphatic heterocycles. The van der Waals surface area contributed by atoms with E-state index in [-0.39, 0.29) is 0 Å². The molecule has 11 aromatic rings. The molecule has 242 valence electrons. The molecule has 7 aromatic carbocycles. The molecule has 0 aliphatic carbocycles. The molecule has 52 heavy (non-hydrogen) atoms. The third kappa shape index (κ3) is 4.25. The second-order valence-electron chi connectivity index (χ2n) is 13.1. The summed E-state index contributed by atoms with van der Waals surface area (Å²) in [6, 6.07) is 59.0. The van der Waals surface area contributed by atoms with E-state index < -0.39 is 0 Å². The highest BCUT2D eigenvalue weighted by molar-refractivity contribution is 6.30. The van der Waals surface area contributed by atoms with Gasteiger partial charge in [0.15, 0.2) is 17.5 Å². The Morgan fingerprint density at radius 1 is 0.365 bits per heavy atom. The Kier molecular flexibility index (Phi) is 6.15. The summed E-state index contributed by atoms with van der Waals surface area (Å²) in [5, 5.41) is 4.80. The van der Waals surface area contributed by atoms with Crippen LogP contribution in [0.5, 0.6) is 0 Å². The lowest BCUT2D eigenvalue weighted by atomic mass is 10.1. The maximum absolute atomic E-state index is 5.27. The summed E-state index contributed by atoms with van der Waals surface area (Å²) in [4.78, 5) is 20.3. The second-order valence-corrected chi connectivity index (χ2v) is 13.1. The van der Waals surface area contributed by atoms with Crippen molar-refractivity contribution in [2.24, 2.45) is 0 Å². The van der Waals surface area contributed by atoms with Crippen molar-refractivity contribution in [1.29, 1.82) is 0 Å². The van der Waals surface area contributed by atoms with Crippen LogP contribution in [0.2, 0.25) is 0 Å². The topological polar surface area (TPSA) is 60.9 Å². The van der Waals surface area contributed by atoms with E-state index in [4.69, 9.17) is 19.9 Å². The van der Waals surface area contributed by atoms with Crippen LogP contribution in [0.3, 0.4) is 0 Å². The van der Waals surface area contributed by atoms with E-state index in [1.807, 2.05) is 60.7 Å². The van der Waals surface area contributed by atoms with Crippen LogP contribution < -0.4 is 0 Å². The van der Waals surface area contributed by atoms with E-state index >= 15 is 0 Å². The van der Waals surface area contributed by atoms with Crippen LogP contribution in [0.25, 0.3) is 100 Å². The minimum Gasteiger partial charge on any atom is -0.309 e. The summed E-state index contributed by atoms with van der Waals surface area (Å²) in [6.07, 6.45) is 0. The summed E-state index contributed by atoms with van der Waals surface area (Å²) >= 11 is 0. The molecule has 0 saturated carbocycles. The van der Waals surface area contributed by atoms with Crippen molar-refractivity contribution in [3.63, 3.8) is 0 Å². The molecule has 0 spiro atoms. The van der Waals surface area contributed by atoms with Crippen LogP contribution >= 0.6 is 0 Å². The standard InChI is InChI=1S/C46H28N6/c1-4-14-29(15-5-1)43-48-44(30-16-6-2-7-17-30)50-45(49-43)32-20-12-21-33(28-32)51-38-25-13-23-35-34-22-10-11-24-37(34)52-42-36(26-27-39(51)41(42)40(35)38)47-46(52)31-18-8-3-9-19-31/h1-28H. The Labute approximate surface area is 298 Å². The number of hydrogen-bond donors (Lipinski definition) is 0. The van der Waals surface area contributed by atoms with Crippen LogP contribution in [0, 0.1) is 0 Å². The number of nitrogens with zero attached hydrogens (tertiary/aromatic N) is 6. The number of benzene rings is 7. The van der Waals surface area contributed by atoms with Crippen molar-refractivity contribution in [3.05, 3.63) is 170 Å². The van der Waals surface area contributed by atoms with Crippen LogP contribution in [0.4, 0.5) is 0 Å². The minimum absolute atomic E-state index is 0.624. The van der Waals surface area contributed by atoms with E-state index in [2.05, 4.69) is 118 Å². The first kappa shape index (κ1) is 28.6. The smallest absolute Gasteiger partial charge is 0.164 e. The lowest BCUT2D eigenvalue weighted by molar-refractivity contribution is 1.07. The van der Waals surface area contributed by atoms with Gasteiger partial charge in [-0.05, 0) is 41.8 Å². The first-order valence-corrected chi connectivity index (χ1v) is 17.4. The van der Waals surface area contributed by atoms with Gasteiger partial charge in [-0.15, -0.1) is 0 Å². The molecule has 6 heteroatoms. The molecule has 11 rings (SSSR count). The maximum Gasteiger partial charge on any atom is 0.164 e. The molecular formula is C46H28N6. The molecule has 0 amide bonds. The van der Waals surface area contributed by atoms with Gasteiger partial charge in [0, 0.05) is 44.1 Å². The summed E-state index contributed by atoms with van der Waals surface area (Å²) in [6.45, 7) is 0. The van der Waals surface area contributed by atoms with Crippen LogP contribution in [-0.4, -0.2) is 28.9 Å². The molecular weight excluding hydrogens is 637 g/mol. The van der Waals surface area contributed by atoms with Crippen LogP contribution in [-0.2, 0) is 0 Å². The van der Waals surface area contributed by atoms with Crippen molar-refractivity contribution in [1.82, 2.24) is 28.9 Å². The molecule has 0 radical (unpaired) electrons. The van der Waals surface area contributed by atoms with Crippen molar-refractivity contribution in [2.75, 3.05) is 0 Å². The van der Waals surface area contributed by atoms with E-state index in [1.54, 1.807) is 0 Å². The summed E-state index contributed by atoms with van der Waals surface area (Å²) in [5.41, 5.74) is 10.4. The highest BCUT2D eigenvalue weighted by atomic mass is 15.1. The Morgan fingerprint density at radius 3 is 1.62 bits per heavy atom. The Bertz CT molecular complexity index is 3050. The summed E-state index contributed by atoms with van der Waals surface area (Å²) in [7, 11) is 0. The number of aromatic nitrogens is 6. The quantitative estimate of drug-likeness (QED) is 0.184. The average molecular weight is 665 g/mol. The van der Waals surface area contributed by atoms with Gasteiger partial charge < -0.3 is 4.57 Å². The predicted octanol–water partition coefficient (Wildman–Crippen LogP) is 11.0. The number of hydrogen-bond acceptors (Lipinski definition) is 4. The number of imidazole rings is 1.